The van der Waals surface area contributed by atoms with E-state index in [2.05, 4.69) is 27.5 Å². The highest BCUT2D eigenvalue weighted by Crippen LogP contribution is 2.40. The number of H-pyrrole nitrogens is 2. The third kappa shape index (κ3) is 9.79. The third-order valence-electron chi connectivity index (χ3n) is 8.28. The molecule has 2 aromatic carbocycles. The molecule has 0 bridgehead atoms. The lowest BCUT2D eigenvalue weighted by atomic mass is 9.86. The molecule has 0 saturated carbocycles. The maximum absolute atomic E-state index is 12.7. The van der Waals surface area contributed by atoms with Crippen LogP contribution >= 0.6 is 0 Å². The topological polar surface area (TPSA) is 183 Å². The summed E-state index contributed by atoms with van der Waals surface area (Å²) < 4.78 is 10.8. The number of aliphatic carboxylic acids is 2. The summed E-state index contributed by atoms with van der Waals surface area (Å²) in [5.74, 6) is -2.77. The number of fused-ring (bicyclic) bond motifs is 2. The number of amides is 2. The lowest BCUT2D eigenvalue weighted by Gasteiger charge is -2.24. The van der Waals surface area contributed by atoms with Gasteiger partial charge in [-0.25, -0.2) is 19.2 Å². The highest BCUT2D eigenvalue weighted by Gasteiger charge is 2.33. The molecule has 12 nitrogen and oxygen atoms in total. The van der Waals surface area contributed by atoms with Crippen molar-refractivity contribution in [3.63, 3.8) is 0 Å². The second kappa shape index (κ2) is 15.7. The van der Waals surface area contributed by atoms with Gasteiger partial charge in [-0.2, -0.15) is 0 Å². The first kappa shape index (κ1) is 37.8. The van der Waals surface area contributed by atoms with E-state index in [-0.39, 0.29) is 18.8 Å². The number of alkyl carbamates (subject to hydrolysis) is 2. The molecule has 0 spiro atoms. The highest BCUT2D eigenvalue weighted by molar-refractivity contribution is 5.89. The lowest BCUT2D eigenvalue weighted by molar-refractivity contribution is -0.140. The minimum absolute atomic E-state index is 0.0360. The number of carbonyl (C=O) groups is 4. The van der Waals surface area contributed by atoms with Gasteiger partial charge in [0.2, 0.25) is 0 Å². The minimum Gasteiger partial charge on any atom is -0.480 e. The number of rotatable bonds is 14. The van der Waals surface area contributed by atoms with Gasteiger partial charge in [-0.3, -0.25) is 0 Å². The number of carboxylic acids is 2. The Balaban J connectivity index is 1.86. The van der Waals surface area contributed by atoms with Gasteiger partial charge in [-0.05, 0) is 71.2 Å². The number of carbonyl (C=O) groups excluding carboxylic acids is 2. The zero-order valence-corrected chi connectivity index (χ0v) is 29.9. The van der Waals surface area contributed by atoms with Crippen molar-refractivity contribution in [3.8, 4) is 0 Å². The summed E-state index contributed by atoms with van der Waals surface area (Å²) in [7, 11) is 0. The van der Waals surface area contributed by atoms with Crippen molar-refractivity contribution in [2.24, 2.45) is 0 Å². The average molecular weight is 691 g/mol. The molecule has 12 heteroatoms. The quantitative estimate of drug-likeness (QED) is 0.0740. The van der Waals surface area contributed by atoms with E-state index in [0.29, 0.717) is 6.42 Å². The number of hydrogen-bond acceptors (Lipinski definition) is 6. The van der Waals surface area contributed by atoms with Crippen molar-refractivity contribution in [1.82, 2.24) is 20.6 Å². The van der Waals surface area contributed by atoms with E-state index in [9.17, 15) is 29.4 Å². The van der Waals surface area contributed by atoms with Crippen molar-refractivity contribution in [2.45, 2.75) is 116 Å². The van der Waals surface area contributed by atoms with E-state index in [0.717, 1.165) is 63.6 Å². The van der Waals surface area contributed by atoms with Crippen LogP contribution in [-0.2, 0) is 31.9 Å². The fraction of sp³-hybridized carbons (Fsp3) is 0.474. The second-order valence-electron chi connectivity index (χ2n) is 14.7. The molecule has 4 rings (SSSR count). The summed E-state index contributed by atoms with van der Waals surface area (Å²) in [6, 6.07) is 12.6. The molecular formula is C38H50N4O8. The van der Waals surface area contributed by atoms with Gasteiger partial charge in [0.05, 0.1) is 0 Å². The lowest BCUT2D eigenvalue weighted by Crippen LogP contribution is -2.45. The number of unbranched alkanes of at least 4 members (excludes halogenated alkanes) is 2. The monoisotopic (exact) mass is 690 g/mol. The van der Waals surface area contributed by atoms with Crippen LogP contribution in [0, 0.1) is 0 Å². The Labute approximate surface area is 292 Å². The Morgan fingerprint density at radius 3 is 1.44 bits per heavy atom. The highest BCUT2D eigenvalue weighted by atomic mass is 16.6. The van der Waals surface area contributed by atoms with Crippen molar-refractivity contribution < 1.29 is 38.9 Å². The van der Waals surface area contributed by atoms with Gasteiger partial charge in [0, 0.05) is 52.0 Å². The van der Waals surface area contributed by atoms with Crippen LogP contribution in [0.25, 0.3) is 21.8 Å². The van der Waals surface area contributed by atoms with Crippen LogP contribution in [0.15, 0.2) is 48.5 Å². The molecule has 0 aliphatic heterocycles. The molecule has 0 radical (unpaired) electrons. The van der Waals surface area contributed by atoms with Crippen molar-refractivity contribution in [2.75, 3.05) is 0 Å². The first-order chi connectivity index (χ1) is 23.5. The number of carboxylic acid groups (broad SMARTS) is 2. The van der Waals surface area contributed by atoms with E-state index in [1.54, 1.807) is 41.5 Å². The Morgan fingerprint density at radius 2 is 1.08 bits per heavy atom. The fourth-order valence-electron chi connectivity index (χ4n) is 6.22. The SMILES string of the molecule is CCCCCC(c1[nH]c2ccccc2c1CC(NC(=O)OC(C)(C)C)C(=O)O)c1[nH]c2ccccc2c1CC(NC(=O)OC(C)(C)C)C(=O)O. The van der Waals surface area contributed by atoms with Crippen LogP contribution in [-0.4, -0.2) is 67.6 Å². The summed E-state index contributed by atoms with van der Waals surface area (Å²) in [6.45, 7) is 12.3. The van der Waals surface area contributed by atoms with E-state index < -0.39 is 47.4 Å². The summed E-state index contributed by atoms with van der Waals surface area (Å²) in [4.78, 5) is 57.8. The molecule has 2 amide bonds. The molecule has 2 aromatic heterocycles. The molecule has 2 atom stereocenters. The molecule has 0 fully saturated rings. The molecule has 2 unspecified atom stereocenters. The standard InChI is InChI=1S/C38H50N4O8/c1-8-9-10-17-24(31-25(22-15-11-13-18-27(22)39-31)20-29(33(43)44)41-35(47)49-37(2,3)4)32-26(23-16-12-14-19-28(23)40-32)21-30(34(45)46)42-36(48)50-38(5,6)7/h11-16,18-19,24,29-30,39-40H,8-10,17,20-21H2,1-7H3,(H,41,47)(H,42,48)(H,43,44)(H,45,46). The number of nitrogens with one attached hydrogen (secondary N) is 4. The maximum Gasteiger partial charge on any atom is 0.408 e. The van der Waals surface area contributed by atoms with Crippen molar-refractivity contribution in [3.05, 3.63) is 71.0 Å². The number of aromatic nitrogens is 2. The number of benzene rings is 2. The van der Waals surface area contributed by atoms with E-state index in [4.69, 9.17) is 9.47 Å². The van der Waals surface area contributed by atoms with Gasteiger partial charge >= 0.3 is 24.1 Å². The normalized spacial score (nSPS) is 13.8. The predicted molar refractivity (Wildman–Crippen MR) is 192 cm³/mol. The molecule has 50 heavy (non-hydrogen) atoms. The van der Waals surface area contributed by atoms with Crippen LogP contribution in [0.4, 0.5) is 9.59 Å². The smallest absolute Gasteiger partial charge is 0.408 e. The van der Waals surface area contributed by atoms with Gasteiger partial charge in [0.1, 0.15) is 23.3 Å². The number of ether oxygens (including phenoxy) is 2. The Morgan fingerprint density at radius 1 is 0.680 bits per heavy atom. The zero-order valence-electron chi connectivity index (χ0n) is 29.9. The number of para-hydroxylation sites is 2. The first-order valence-electron chi connectivity index (χ1n) is 17.1. The minimum atomic E-state index is -1.30. The Bertz CT molecular complexity index is 1700. The van der Waals surface area contributed by atoms with E-state index in [1.807, 2.05) is 48.5 Å². The summed E-state index contributed by atoms with van der Waals surface area (Å²) >= 11 is 0. The summed E-state index contributed by atoms with van der Waals surface area (Å²) in [5, 5.41) is 27.2. The van der Waals surface area contributed by atoms with Crippen LogP contribution < -0.4 is 10.6 Å². The van der Waals surface area contributed by atoms with E-state index in [1.165, 1.54) is 0 Å². The molecule has 6 N–H and O–H groups in total. The summed E-state index contributed by atoms with van der Waals surface area (Å²) in [5.41, 5.74) is 2.93. The molecule has 2 heterocycles. The average Bonchev–Trinajstić information content (AvgIpc) is 3.55. The second-order valence-corrected chi connectivity index (χ2v) is 14.7. The molecule has 4 aromatic rings. The number of hydrogen-bond donors (Lipinski definition) is 6. The first-order valence-corrected chi connectivity index (χ1v) is 17.1. The Kier molecular flexibility index (Phi) is 11.9. The fourth-order valence-corrected chi connectivity index (χ4v) is 6.22. The van der Waals surface area contributed by atoms with Crippen molar-refractivity contribution >= 4 is 45.9 Å². The van der Waals surface area contributed by atoms with Crippen LogP contribution in [0.1, 0.15) is 103 Å². The number of aromatic amines is 2. The van der Waals surface area contributed by atoms with Gasteiger partial charge in [0.15, 0.2) is 0 Å². The van der Waals surface area contributed by atoms with Crippen molar-refractivity contribution in [1.29, 1.82) is 0 Å². The van der Waals surface area contributed by atoms with Gasteiger partial charge < -0.3 is 40.3 Å². The molecule has 270 valence electrons. The van der Waals surface area contributed by atoms with Crippen LogP contribution in [0.3, 0.4) is 0 Å². The van der Waals surface area contributed by atoms with Crippen LogP contribution in [0.5, 0.6) is 0 Å². The maximum atomic E-state index is 12.7. The third-order valence-corrected chi connectivity index (χ3v) is 8.28. The predicted octanol–water partition coefficient (Wildman–Crippen LogP) is 7.40. The molecule has 0 saturated heterocycles. The van der Waals surface area contributed by atoms with Gasteiger partial charge in [-0.15, -0.1) is 0 Å². The largest absolute Gasteiger partial charge is 0.480 e. The summed E-state index contributed by atoms with van der Waals surface area (Å²) in [6.07, 6.45) is 1.66. The molecule has 0 aliphatic rings. The molecule has 0 aliphatic carbocycles. The Hall–Kier alpha value is -5.00. The van der Waals surface area contributed by atoms with Crippen LogP contribution in [0.2, 0.25) is 0 Å². The zero-order chi connectivity index (χ0) is 36.8. The molecular weight excluding hydrogens is 640 g/mol. The van der Waals surface area contributed by atoms with Gasteiger partial charge in [0.25, 0.3) is 0 Å². The van der Waals surface area contributed by atoms with E-state index >= 15 is 0 Å². The van der Waals surface area contributed by atoms with Gasteiger partial charge in [-0.1, -0.05) is 62.6 Å².